The number of benzene rings is 9. The third-order valence-electron chi connectivity index (χ3n) is 23.5. The molecule has 6 heterocycles. The molecule has 24 nitrogen and oxygen atoms in total. The Balaban J connectivity index is 0.000000162. The van der Waals surface area contributed by atoms with Crippen LogP contribution in [0.1, 0.15) is 133 Å². The van der Waals surface area contributed by atoms with E-state index in [1.165, 1.54) is 10.4 Å². The molecule has 3 aromatic heterocycles. The molecule has 3 aliphatic heterocycles. The van der Waals surface area contributed by atoms with Crippen molar-refractivity contribution in [1.29, 1.82) is 0 Å². The zero-order valence-corrected chi connectivity index (χ0v) is 67.2. The lowest BCUT2D eigenvalue weighted by Crippen LogP contribution is -2.46. The van der Waals surface area contributed by atoms with Crippen molar-refractivity contribution in [2.75, 3.05) is 84.5 Å². The molecule has 0 atom stereocenters. The van der Waals surface area contributed by atoms with Crippen molar-refractivity contribution in [2.45, 2.75) is 111 Å². The molecule has 3 aliphatic rings. The first kappa shape index (κ1) is 84.7. The average Bonchev–Trinajstić information content (AvgIpc) is 1.71. The molecule has 3 fully saturated rings. The fourth-order valence-electron chi connectivity index (χ4n) is 17.1. The van der Waals surface area contributed by atoms with Gasteiger partial charge in [-0.1, -0.05) is 286 Å². The highest BCUT2D eigenvalue weighted by atomic mass is 32.2. The van der Waals surface area contributed by atoms with Crippen LogP contribution in [0.4, 0.5) is 0 Å². The minimum absolute atomic E-state index is 0. The number of piperidine rings is 3. The van der Waals surface area contributed by atoms with Gasteiger partial charge in [0.05, 0.1) is 41.8 Å². The minimum atomic E-state index is -3.31. The number of rotatable bonds is 29. The summed E-state index contributed by atoms with van der Waals surface area (Å²) in [6.07, 6.45) is 9.44. The number of nitrogens with one attached hydrogen (secondary N) is 3. The smallest absolute Gasteiger partial charge is 0.283 e. The molecule has 0 radical (unpaired) electrons. The van der Waals surface area contributed by atoms with Crippen molar-refractivity contribution in [3.8, 4) is 0 Å². The molecule has 26 heteroatoms. The third kappa shape index (κ3) is 19.7. The molecule has 3 N–H and O–H groups in total. The Kier molecular flexibility index (Phi) is 28.2. The second-order valence-electron chi connectivity index (χ2n) is 30.2. The number of H-pyrrole nitrogens is 1. The van der Waals surface area contributed by atoms with Crippen LogP contribution in [0.3, 0.4) is 0 Å². The second-order valence-corrected chi connectivity index (χ2v) is 33.9. The predicted octanol–water partition coefficient (Wildman–Crippen LogP) is 13.2. The van der Waals surface area contributed by atoms with Crippen molar-refractivity contribution in [2.24, 2.45) is 0 Å². The number of hydrogen-bond donors (Lipinski definition) is 3. The Morgan fingerprint density at radius 1 is 0.385 bits per heavy atom. The van der Waals surface area contributed by atoms with Gasteiger partial charge in [0.1, 0.15) is 0 Å². The van der Waals surface area contributed by atoms with E-state index in [4.69, 9.17) is 24.8 Å². The van der Waals surface area contributed by atoms with Gasteiger partial charge in [0, 0.05) is 85.4 Å². The van der Waals surface area contributed by atoms with Crippen LogP contribution >= 0.6 is 0 Å². The molecule has 117 heavy (non-hydrogen) atoms. The summed E-state index contributed by atoms with van der Waals surface area (Å²) in [5.41, 5.74) is 6.48. The zero-order valence-electron chi connectivity index (χ0n) is 65.6. The van der Waals surface area contributed by atoms with Gasteiger partial charge in [0.25, 0.3) is 16.6 Å². The summed E-state index contributed by atoms with van der Waals surface area (Å²) < 4.78 is 52.8. The first-order chi connectivity index (χ1) is 56.5. The van der Waals surface area contributed by atoms with E-state index in [0.29, 0.717) is 31.8 Å². The molecule has 0 unspecified atom stereocenters. The van der Waals surface area contributed by atoms with Gasteiger partial charge in [-0.2, -0.15) is 10.0 Å². The van der Waals surface area contributed by atoms with E-state index >= 15 is 0 Å². The molecular formula is C91H102N20O4S2. The quantitative estimate of drug-likeness (QED) is 0.0368. The van der Waals surface area contributed by atoms with Gasteiger partial charge in [-0.25, -0.2) is 50.7 Å². The maximum Gasteiger partial charge on any atom is 0.283 e. The normalized spacial score (nSPS) is 15.8. The summed E-state index contributed by atoms with van der Waals surface area (Å²) in [5.74, 6) is 2.18. The van der Waals surface area contributed by atoms with Gasteiger partial charge in [0.15, 0.2) is 17.5 Å². The van der Waals surface area contributed by atoms with Gasteiger partial charge in [-0.3, -0.25) is 14.5 Å². The Morgan fingerprint density at radius 3 is 0.991 bits per heavy atom. The van der Waals surface area contributed by atoms with Gasteiger partial charge in [-0.05, 0) is 110 Å². The zero-order chi connectivity index (χ0) is 80.8. The van der Waals surface area contributed by atoms with Crippen molar-refractivity contribution in [3.63, 3.8) is 0 Å². The van der Waals surface area contributed by atoms with Crippen molar-refractivity contribution < 1.29 is 16.8 Å². The number of hydrogen-bond acceptors (Lipinski definition) is 16. The van der Waals surface area contributed by atoms with Crippen LogP contribution in [0.5, 0.6) is 0 Å². The van der Waals surface area contributed by atoms with E-state index < -0.39 is 47.5 Å². The van der Waals surface area contributed by atoms with Crippen molar-refractivity contribution in [1.82, 2.24) is 85.2 Å². The van der Waals surface area contributed by atoms with Gasteiger partial charge < -0.3 is 14.7 Å². The summed E-state index contributed by atoms with van der Waals surface area (Å²) in [5, 5.41) is 41.3. The summed E-state index contributed by atoms with van der Waals surface area (Å²) in [4.78, 5) is 21.6. The molecule has 15 rings (SSSR count). The van der Waals surface area contributed by atoms with E-state index in [9.17, 15) is 16.8 Å². The number of nitrogens with zero attached hydrogens (tertiary/aromatic N) is 17. The van der Waals surface area contributed by atoms with E-state index in [0.717, 1.165) is 173 Å². The fourth-order valence-corrected chi connectivity index (χ4v) is 18.0. The predicted molar refractivity (Wildman–Crippen MR) is 456 cm³/mol. The molecule has 9 aromatic carbocycles. The van der Waals surface area contributed by atoms with Crippen LogP contribution in [0.15, 0.2) is 273 Å². The lowest BCUT2D eigenvalue weighted by molar-refractivity contribution is 0.164. The van der Waals surface area contributed by atoms with E-state index in [1.54, 1.807) is 4.68 Å². The summed E-state index contributed by atoms with van der Waals surface area (Å²) in [6.45, 7) is 33.5. The molecular weight excluding hydrogens is 1500 g/mol. The number of aromatic nitrogens is 12. The monoisotopic (exact) mass is 1600 g/mol. The Bertz CT molecular complexity index is 5290. The van der Waals surface area contributed by atoms with Crippen molar-refractivity contribution >= 4 is 20.0 Å². The van der Waals surface area contributed by atoms with Crippen LogP contribution < -0.4 is 9.44 Å². The molecule has 602 valence electrons. The average molecular weight is 1600 g/mol. The number of aromatic amines is 1. The molecule has 12 aromatic rings. The first-order valence-corrected chi connectivity index (χ1v) is 43.3. The van der Waals surface area contributed by atoms with E-state index in [2.05, 4.69) is 206 Å². The molecule has 3 saturated heterocycles. The topological polar surface area (TPSA) is 257 Å². The lowest BCUT2D eigenvalue weighted by atomic mass is 9.71. The van der Waals surface area contributed by atoms with E-state index in [-0.39, 0.29) is 25.9 Å². The molecule has 0 spiro atoms. The largest absolute Gasteiger partial charge is 0.303 e. The van der Waals surface area contributed by atoms with Crippen LogP contribution in [0.25, 0.3) is 14.5 Å². The Hall–Kier alpha value is -11.6. The van der Waals surface area contributed by atoms with Crippen LogP contribution in [0.2, 0.25) is 0 Å². The number of sulfonamides is 2. The minimum Gasteiger partial charge on any atom is -0.303 e. The van der Waals surface area contributed by atoms with Crippen LogP contribution in [0, 0.1) is 19.7 Å². The number of likely N-dealkylation sites (tertiary alicyclic amines) is 3. The SMILES string of the molecule is C.[C-]#[N+]C(CCN1CCC(c2ccccc2)(c2nn[nH]n2)CC1)(c1ccccc1)c1ccccc1.[C-]#[N+]C(CCN1CCC(c2ccccc2)(c2nnn(CCNS(C)(=O)=O)n2)CC1)(c1ccccc1)c1ccccc1.[C-]#[N+]C(CCN1CCC(c2ccccc2)(c2nnnn2CCNS(C)(=O)=O)CC1)(c1ccccc1)c1ccccc1. The molecule has 0 amide bonds. The molecule has 0 saturated carbocycles. The molecule has 0 bridgehead atoms. The highest BCUT2D eigenvalue weighted by molar-refractivity contribution is 7.89. The summed E-state index contributed by atoms with van der Waals surface area (Å²) in [6, 6.07) is 92.1. The van der Waals surface area contributed by atoms with Gasteiger partial charge in [-0.15, -0.1) is 25.5 Å². The number of tetrazole rings is 3. The Morgan fingerprint density at radius 2 is 0.684 bits per heavy atom. The molecule has 0 aliphatic carbocycles. The Labute approximate surface area is 688 Å². The standard InChI is InChI=1S/2C31H35N7O2S.C28H28N6.CH4/c1-32-31(27-14-8-4-9-15-27,28-16-10-5-11-17-28)20-24-37-22-18-30(19-23-37,26-12-6-3-7-13-26)29-34-35-36-38(29)25-21-33-41(2,39)40;1-32-31(27-14-8-4-9-15-27,28-16-10-5-11-17-28)20-24-37-22-18-30(19-23-37,26-12-6-3-7-13-26)29-34-36-38(35-29)25-21-33-41(2,39)40;1-29-28(24-13-7-3-8-14-24,25-15-9-4-10-16-25)19-22-34-20-17-27(18-21-34,26-30-32-33-31-26)23-11-5-2-6-12-23;/h2*3-17,33H,18-25H2,2H3;2-16H,17-22H2,(H,30,31,32,33);1H4. The first-order valence-electron chi connectivity index (χ1n) is 39.5. The highest BCUT2D eigenvalue weighted by Crippen LogP contribution is 2.46. The highest BCUT2D eigenvalue weighted by Gasteiger charge is 2.49. The summed E-state index contributed by atoms with van der Waals surface area (Å²) in [7, 11) is -6.60. The maximum absolute atomic E-state index is 11.6. The maximum atomic E-state index is 11.6. The van der Waals surface area contributed by atoms with Crippen LogP contribution in [-0.2, 0) is 66.0 Å². The van der Waals surface area contributed by atoms with Gasteiger partial charge >= 0.3 is 0 Å². The lowest BCUT2D eigenvalue weighted by Gasteiger charge is -2.41. The fraction of sp³-hybridized carbons (Fsp3) is 0.341. The van der Waals surface area contributed by atoms with E-state index in [1.807, 2.05) is 152 Å². The summed E-state index contributed by atoms with van der Waals surface area (Å²) >= 11 is 0. The van der Waals surface area contributed by atoms with Crippen LogP contribution in [-0.4, -0.2) is 177 Å². The van der Waals surface area contributed by atoms with Gasteiger partial charge in [0.2, 0.25) is 20.0 Å². The second kappa shape index (κ2) is 38.9. The van der Waals surface area contributed by atoms with Crippen molar-refractivity contribution in [3.05, 3.63) is 375 Å². The third-order valence-corrected chi connectivity index (χ3v) is 25.0.